The summed E-state index contributed by atoms with van der Waals surface area (Å²) in [6, 6.07) is 5.57. The number of nitrogens with two attached hydrogens (primary N) is 1. The van der Waals surface area contributed by atoms with Crippen LogP contribution in [0.5, 0.6) is 0 Å². The normalized spacial score (nSPS) is 17.1. The van der Waals surface area contributed by atoms with Crippen molar-refractivity contribution in [2.45, 2.75) is 38.3 Å². The van der Waals surface area contributed by atoms with Gasteiger partial charge in [0, 0.05) is 12.6 Å². The van der Waals surface area contributed by atoms with Crippen LogP contribution in [0.15, 0.2) is 18.2 Å². The summed E-state index contributed by atoms with van der Waals surface area (Å²) in [4.78, 5) is 0. The highest BCUT2D eigenvalue weighted by atomic mass is 19.1. The summed E-state index contributed by atoms with van der Waals surface area (Å²) in [6.07, 6.45) is 5.07. The molecule has 0 amide bonds. The maximum Gasteiger partial charge on any atom is 0.146 e. The third-order valence-corrected chi connectivity index (χ3v) is 3.08. The molecule has 1 aromatic carbocycles. The highest BCUT2D eigenvalue weighted by Gasteiger charge is 2.14. The van der Waals surface area contributed by atoms with Gasteiger partial charge in [-0.25, -0.2) is 4.39 Å². The topological polar surface area (TPSA) is 38.0 Å². The zero-order valence-electron chi connectivity index (χ0n) is 8.80. The van der Waals surface area contributed by atoms with E-state index >= 15 is 0 Å². The van der Waals surface area contributed by atoms with Gasteiger partial charge in [-0.2, -0.15) is 0 Å². The Labute approximate surface area is 89.7 Å². The van der Waals surface area contributed by atoms with E-state index in [-0.39, 0.29) is 11.5 Å². The van der Waals surface area contributed by atoms with E-state index in [4.69, 9.17) is 5.73 Å². The fourth-order valence-electron chi connectivity index (χ4n) is 2.12. The summed E-state index contributed by atoms with van der Waals surface area (Å²) < 4.78 is 13.1. The van der Waals surface area contributed by atoms with E-state index < -0.39 is 0 Å². The molecule has 0 spiro atoms. The molecule has 82 valence electrons. The van der Waals surface area contributed by atoms with Gasteiger partial charge in [0.2, 0.25) is 0 Å². The van der Waals surface area contributed by atoms with Crippen molar-refractivity contribution < 1.29 is 4.39 Å². The van der Waals surface area contributed by atoms with Crippen LogP contribution >= 0.6 is 0 Å². The van der Waals surface area contributed by atoms with Gasteiger partial charge in [-0.15, -0.1) is 0 Å². The van der Waals surface area contributed by atoms with Crippen LogP contribution < -0.4 is 11.1 Å². The Balaban J connectivity index is 1.95. The van der Waals surface area contributed by atoms with Crippen LogP contribution in [0, 0.1) is 5.82 Å². The minimum absolute atomic E-state index is 0.281. The van der Waals surface area contributed by atoms with Crippen LogP contribution in [0.3, 0.4) is 0 Å². The van der Waals surface area contributed by atoms with Crippen LogP contribution in [0.4, 0.5) is 10.1 Å². The molecule has 0 aliphatic heterocycles. The average Bonchev–Trinajstić information content (AvgIpc) is 2.73. The molecule has 3 N–H and O–H groups in total. The molecule has 0 heterocycles. The van der Waals surface area contributed by atoms with E-state index in [2.05, 4.69) is 5.32 Å². The van der Waals surface area contributed by atoms with Crippen molar-refractivity contribution in [3.63, 3.8) is 0 Å². The second kappa shape index (κ2) is 4.62. The second-order valence-corrected chi connectivity index (χ2v) is 4.17. The predicted octanol–water partition coefficient (Wildman–Crippen LogP) is 2.44. The fourth-order valence-corrected chi connectivity index (χ4v) is 2.12. The second-order valence-electron chi connectivity index (χ2n) is 4.17. The van der Waals surface area contributed by atoms with Gasteiger partial charge in [-0.05, 0) is 24.5 Å². The van der Waals surface area contributed by atoms with Gasteiger partial charge >= 0.3 is 0 Å². The Morgan fingerprint density at radius 1 is 1.33 bits per heavy atom. The lowest BCUT2D eigenvalue weighted by molar-refractivity contribution is 0.523. The van der Waals surface area contributed by atoms with E-state index in [1.807, 2.05) is 6.07 Å². The number of nitrogen functional groups attached to an aromatic ring is 1. The zero-order chi connectivity index (χ0) is 10.7. The van der Waals surface area contributed by atoms with Crippen LogP contribution in [0.25, 0.3) is 0 Å². The summed E-state index contributed by atoms with van der Waals surface area (Å²) in [5, 5.41) is 3.42. The molecule has 1 saturated carbocycles. The van der Waals surface area contributed by atoms with Crippen molar-refractivity contribution in [3.8, 4) is 0 Å². The van der Waals surface area contributed by atoms with Gasteiger partial charge in [-0.3, -0.25) is 0 Å². The number of halogens is 1. The van der Waals surface area contributed by atoms with Crippen molar-refractivity contribution in [1.29, 1.82) is 0 Å². The molecule has 15 heavy (non-hydrogen) atoms. The number of hydrogen-bond donors (Lipinski definition) is 2. The Morgan fingerprint density at radius 2 is 2.07 bits per heavy atom. The van der Waals surface area contributed by atoms with E-state index in [0.717, 1.165) is 5.56 Å². The van der Waals surface area contributed by atoms with Crippen molar-refractivity contribution in [3.05, 3.63) is 29.6 Å². The minimum atomic E-state index is -0.319. The first-order chi connectivity index (χ1) is 7.27. The number of hydrogen-bond acceptors (Lipinski definition) is 2. The molecule has 3 heteroatoms. The lowest BCUT2D eigenvalue weighted by Crippen LogP contribution is -2.25. The first-order valence-electron chi connectivity index (χ1n) is 5.53. The minimum Gasteiger partial charge on any atom is -0.396 e. The molecule has 0 unspecified atom stereocenters. The third-order valence-electron chi connectivity index (χ3n) is 3.08. The Bertz CT molecular complexity index is 332. The first kappa shape index (κ1) is 10.4. The lowest BCUT2D eigenvalue weighted by atomic mass is 10.1. The largest absolute Gasteiger partial charge is 0.396 e. The standard InChI is InChI=1S/C12H17FN2/c13-11-7-3-4-9(12(11)14)8-15-10-5-1-2-6-10/h3-4,7,10,15H,1-2,5-6,8,14H2. The van der Waals surface area contributed by atoms with Crippen LogP contribution in [-0.2, 0) is 6.54 Å². The Kier molecular flexibility index (Phi) is 3.21. The first-order valence-corrected chi connectivity index (χ1v) is 5.53. The van der Waals surface area contributed by atoms with Crippen LogP contribution in [-0.4, -0.2) is 6.04 Å². The maximum absolute atomic E-state index is 13.1. The smallest absolute Gasteiger partial charge is 0.146 e. The monoisotopic (exact) mass is 208 g/mol. The highest BCUT2D eigenvalue weighted by Crippen LogP contribution is 2.20. The SMILES string of the molecule is Nc1c(F)cccc1CNC1CCCC1. The number of para-hydroxylation sites is 1. The Hall–Kier alpha value is -1.09. The van der Waals surface area contributed by atoms with Crippen molar-refractivity contribution in [2.24, 2.45) is 0 Å². The van der Waals surface area contributed by atoms with Crippen LogP contribution in [0.1, 0.15) is 31.2 Å². The quantitative estimate of drug-likeness (QED) is 0.749. The molecular weight excluding hydrogens is 191 g/mol. The molecule has 1 aliphatic carbocycles. The van der Waals surface area contributed by atoms with Crippen molar-refractivity contribution in [2.75, 3.05) is 5.73 Å². The predicted molar refractivity (Wildman–Crippen MR) is 59.9 cm³/mol. The number of rotatable bonds is 3. The van der Waals surface area contributed by atoms with E-state index in [1.165, 1.54) is 31.7 Å². The summed E-state index contributed by atoms with van der Waals surface area (Å²) in [7, 11) is 0. The van der Waals surface area contributed by atoms with Gasteiger partial charge in [0.15, 0.2) is 0 Å². The summed E-state index contributed by atoms with van der Waals surface area (Å²) in [5.74, 6) is -0.319. The van der Waals surface area contributed by atoms with E-state index in [0.29, 0.717) is 12.6 Å². The molecule has 0 bridgehead atoms. The van der Waals surface area contributed by atoms with Gasteiger partial charge in [-0.1, -0.05) is 25.0 Å². The molecule has 1 fully saturated rings. The Morgan fingerprint density at radius 3 is 2.80 bits per heavy atom. The highest BCUT2D eigenvalue weighted by molar-refractivity contribution is 5.47. The molecule has 0 atom stereocenters. The van der Waals surface area contributed by atoms with Crippen molar-refractivity contribution in [1.82, 2.24) is 5.32 Å². The van der Waals surface area contributed by atoms with Gasteiger partial charge in [0.25, 0.3) is 0 Å². The number of benzene rings is 1. The molecule has 0 radical (unpaired) electrons. The average molecular weight is 208 g/mol. The van der Waals surface area contributed by atoms with Crippen molar-refractivity contribution >= 4 is 5.69 Å². The van der Waals surface area contributed by atoms with E-state index in [1.54, 1.807) is 6.07 Å². The number of anilines is 1. The fraction of sp³-hybridized carbons (Fsp3) is 0.500. The van der Waals surface area contributed by atoms with Crippen LogP contribution in [0.2, 0.25) is 0 Å². The molecule has 1 aliphatic rings. The molecular formula is C12H17FN2. The molecule has 2 nitrogen and oxygen atoms in total. The summed E-state index contributed by atoms with van der Waals surface area (Å²) >= 11 is 0. The molecule has 0 aromatic heterocycles. The molecule has 1 aromatic rings. The number of nitrogens with one attached hydrogen (secondary N) is 1. The van der Waals surface area contributed by atoms with E-state index in [9.17, 15) is 4.39 Å². The van der Waals surface area contributed by atoms with Gasteiger partial charge < -0.3 is 11.1 Å². The molecule has 2 rings (SSSR count). The molecule has 0 saturated heterocycles. The lowest BCUT2D eigenvalue weighted by Gasteiger charge is -2.13. The maximum atomic E-state index is 13.1. The van der Waals surface area contributed by atoms with Gasteiger partial charge in [0.1, 0.15) is 5.82 Å². The summed E-state index contributed by atoms with van der Waals surface area (Å²) in [6.45, 7) is 0.675. The third kappa shape index (κ3) is 2.48. The summed E-state index contributed by atoms with van der Waals surface area (Å²) in [5.41, 5.74) is 6.80. The van der Waals surface area contributed by atoms with Gasteiger partial charge in [0.05, 0.1) is 5.69 Å². The zero-order valence-corrected chi connectivity index (χ0v) is 8.80.